The van der Waals surface area contributed by atoms with E-state index in [2.05, 4.69) is 6.07 Å². The minimum Gasteiger partial charge on any atom is -0.424 e. The van der Waals surface area contributed by atoms with Crippen LogP contribution >= 0.6 is 0 Å². The van der Waals surface area contributed by atoms with Crippen LogP contribution in [-0.2, 0) is 32.7 Å². The maximum absolute atomic E-state index is 12.2. The molecule has 27 heavy (non-hydrogen) atoms. The van der Waals surface area contributed by atoms with Gasteiger partial charge < -0.3 is 9.47 Å². The van der Waals surface area contributed by atoms with Crippen LogP contribution in [-0.4, -0.2) is 11.9 Å². The van der Waals surface area contributed by atoms with E-state index in [0.717, 1.165) is 5.56 Å². The Kier molecular flexibility index (Phi) is 7.46. The Balaban J connectivity index is 0.00000261. The second-order valence-electron chi connectivity index (χ2n) is 5.86. The predicted molar refractivity (Wildman–Crippen MR) is 97.6 cm³/mol. The van der Waals surface area contributed by atoms with Crippen LogP contribution in [0.4, 0.5) is 0 Å². The molecule has 0 unspecified atom stereocenters. The second-order valence-corrected chi connectivity index (χ2v) is 5.86. The molecule has 0 N–H and O–H groups in total. The zero-order valence-corrected chi connectivity index (χ0v) is 17.9. The molecule has 0 saturated carbocycles. The standard InChI is InChI=1S/C22H17O4.Y/c1-15-8-10-18(11-9-15)21(23)25-19-12-13-20(16(2)14-19)26-22(24)17-6-4-3-5-7-17;/h4-14H,1-2H3;/q-1;. The Morgan fingerprint density at radius 2 is 1.37 bits per heavy atom. The number of aryl methyl sites for hydroxylation is 2. The van der Waals surface area contributed by atoms with Crippen LogP contribution in [0.1, 0.15) is 31.8 Å². The largest absolute Gasteiger partial charge is 0.424 e. The number of rotatable bonds is 4. The van der Waals surface area contributed by atoms with Crippen molar-refractivity contribution in [1.29, 1.82) is 0 Å². The van der Waals surface area contributed by atoms with E-state index in [9.17, 15) is 9.59 Å². The van der Waals surface area contributed by atoms with Gasteiger partial charge in [-0.15, -0.1) is 0 Å². The fraction of sp³-hybridized carbons (Fsp3) is 0.0909. The van der Waals surface area contributed by atoms with Crippen molar-refractivity contribution >= 4 is 11.9 Å². The van der Waals surface area contributed by atoms with Crippen LogP contribution in [0, 0.1) is 19.9 Å². The molecule has 3 rings (SSSR count). The van der Waals surface area contributed by atoms with Gasteiger partial charge in [-0.25, -0.2) is 9.59 Å². The van der Waals surface area contributed by atoms with E-state index in [4.69, 9.17) is 9.47 Å². The molecule has 0 spiro atoms. The summed E-state index contributed by atoms with van der Waals surface area (Å²) < 4.78 is 10.8. The van der Waals surface area contributed by atoms with Gasteiger partial charge in [0.05, 0.1) is 5.56 Å². The van der Waals surface area contributed by atoms with Crippen LogP contribution < -0.4 is 9.47 Å². The summed E-state index contributed by atoms with van der Waals surface area (Å²) in [7, 11) is 0. The monoisotopic (exact) mass is 434 g/mol. The van der Waals surface area contributed by atoms with Crippen molar-refractivity contribution in [2.45, 2.75) is 13.8 Å². The molecular weight excluding hydrogens is 417 g/mol. The molecule has 3 aromatic carbocycles. The van der Waals surface area contributed by atoms with Crippen molar-refractivity contribution in [3.63, 3.8) is 0 Å². The van der Waals surface area contributed by atoms with Crippen LogP contribution in [0.15, 0.2) is 66.7 Å². The zero-order valence-electron chi connectivity index (χ0n) is 15.1. The van der Waals surface area contributed by atoms with Crippen molar-refractivity contribution in [1.82, 2.24) is 0 Å². The fourth-order valence-electron chi connectivity index (χ4n) is 2.34. The molecule has 0 amide bonds. The molecule has 3 aromatic rings. The molecule has 0 heterocycles. The molecule has 0 fully saturated rings. The van der Waals surface area contributed by atoms with E-state index in [1.165, 1.54) is 0 Å². The molecule has 133 valence electrons. The molecule has 5 heteroatoms. The van der Waals surface area contributed by atoms with Gasteiger partial charge in [-0.1, -0.05) is 17.7 Å². The van der Waals surface area contributed by atoms with E-state index in [1.807, 2.05) is 19.1 Å². The molecule has 4 nitrogen and oxygen atoms in total. The van der Waals surface area contributed by atoms with Crippen molar-refractivity contribution in [3.8, 4) is 11.5 Å². The summed E-state index contributed by atoms with van der Waals surface area (Å²) in [6, 6.07) is 21.4. The molecule has 0 atom stereocenters. The summed E-state index contributed by atoms with van der Waals surface area (Å²) in [6.45, 7) is 3.73. The Morgan fingerprint density at radius 3 is 2.00 bits per heavy atom. The number of ether oxygens (including phenoxy) is 2. The number of carbonyl (C=O) groups is 2. The Morgan fingerprint density at radius 1 is 0.778 bits per heavy atom. The number of carbonyl (C=O) groups excluding carboxylic acids is 2. The number of hydrogen-bond acceptors (Lipinski definition) is 4. The number of benzene rings is 3. The topological polar surface area (TPSA) is 52.6 Å². The second kappa shape index (κ2) is 9.58. The van der Waals surface area contributed by atoms with E-state index in [0.29, 0.717) is 28.2 Å². The molecule has 0 aliphatic carbocycles. The zero-order chi connectivity index (χ0) is 18.5. The maximum Gasteiger partial charge on any atom is 0.343 e. The van der Waals surface area contributed by atoms with Gasteiger partial charge in [0.2, 0.25) is 0 Å². The summed E-state index contributed by atoms with van der Waals surface area (Å²) in [5, 5.41) is 0. The average molecular weight is 434 g/mol. The Hall–Kier alpha value is -2.30. The van der Waals surface area contributed by atoms with Gasteiger partial charge in [-0.2, -0.15) is 30.3 Å². The van der Waals surface area contributed by atoms with E-state index in [-0.39, 0.29) is 32.7 Å². The summed E-state index contributed by atoms with van der Waals surface area (Å²) in [4.78, 5) is 24.3. The van der Waals surface area contributed by atoms with Gasteiger partial charge in [-0.3, -0.25) is 0 Å². The van der Waals surface area contributed by atoms with Crippen LogP contribution in [0.2, 0.25) is 0 Å². The molecule has 1 radical (unpaired) electrons. The van der Waals surface area contributed by atoms with Gasteiger partial charge in [0.1, 0.15) is 11.5 Å². The van der Waals surface area contributed by atoms with Crippen molar-refractivity contribution < 1.29 is 51.8 Å². The maximum atomic E-state index is 12.2. The average Bonchev–Trinajstić information content (AvgIpc) is 2.65. The third-order valence-electron chi connectivity index (χ3n) is 3.80. The molecule has 0 saturated heterocycles. The predicted octanol–water partition coefficient (Wildman–Crippen LogP) is 4.54. The van der Waals surface area contributed by atoms with E-state index in [1.54, 1.807) is 61.5 Å². The smallest absolute Gasteiger partial charge is 0.343 e. The summed E-state index contributed by atoms with van der Waals surface area (Å²) in [5.74, 6) is -0.0821. The quantitative estimate of drug-likeness (QED) is 0.344. The van der Waals surface area contributed by atoms with Crippen molar-refractivity contribution in [2.75, 3.05) is 0 Å². The molecule has 0 aliphatic heterocycles. The SMILES string of the molecule is Cc1ccc(C(=O)Oc2ccc(OC(=O)c3cc[c-]cc3)c(C)c2)cc1.[Y]. The van der Waals surface area contributed by atoms with Gasteiger partial charge in [-0.05, 0) is 55.3 Å². The first kappa shape index (κ1) is 21.0. The van der Waals surface area contributed by atoms with Crippen molar-refractivity contribution in [2.24, 2.45) is 0 Å². The Bertz CT molecular complexity index is 934. The van der Waals surface area contributed by atoms with Crippen LogP contribution in [0.5, 0.6) is 11.5 Å². The minimum absolute atomic E-state index is 0. The summed E-state index contributed by atoms with van der Waals surface area (Å²) >= 11 is 0. The van der Waals surface area contributed by atoms with Gasteiger partial charge >= 0.3 is 11.9 Å². The first-order valence-electron chi connectivity index (χ1n) is 8.11. The van der Waals surface area contributed by atoms with Crippen LogP contribution in [0.3, 0.4) is 0 Å². The van der Waals surface area contributed by atoms with Gasteiger partial charge in [0, 0.05) is 32.7 Å². The molecule has 0 aromatic heterocycles. The molecule has 0 aliphatic rings. The van der Waals surface area contributed by atoms with Gasteiger partial charge in [0.15, 0.2) is 0 Å². The van der Waals surface area contributed by atoms with E-state index >= 15 is 0 Å². The molecular formula is C22H17O4Y-. The summed E-state index contributed by atoms with van der Waals surface area (Å²) in [6.07, 6.45) is 0. The van der Waals surface area contributed by atoms with Crippen LogP contribution in [0.25, 0.3) is 0 Å². The molecule has 0 bridgehead atoms. The third kappa shape index (κ3) is 5.59. The first-order chi connectivity index (χ1) is 12.5. The van der Waals surface area contributed by atoms with E-state index < -0.39 is 11.9 Å². The van der Waals surface area contributed by atoms with Gasteiger partial charge in [0.25, 0.3) is 0 Å². The van der Waals surface area contributed by atoms with Crippen molar-refractivity contribution in [3.05, 3.63) is 95.1 Å². The normalized spacial score (nSPS) is 9.85. The Labute approximate surface area is 183 Å². The summed E-state index contributed by atoms with van der Waals surface area (Å²) in [5.41, 5.74) is 2.68. The third-order valence-corrected chi connectivity index (χ3v) is 3.80. The minimum atomic E-state index is -0.452. The fourth-order valence-corrected chi connectivity index (χ4v) is 2.34. The number of esters is 2. The first-order valence-corrected chi connectivity index (χ1v) is 8.11. The number of hydrogen-bond donors (Lipinski definition) is 0.